The maximum absolute atomic E-state index is 12.1. The highest BCUT2D eigenvalue weighted by molar-refractivity contribution is 9.10. The Labute approximate surface area is 180 Å². The molecular weight excluding hydrogens is 456 g/mol. The van der Waals surface area contributed by atoms with Gasteiger partial charge in [0.15, 0.2) is 18.1 Å². The summed E-state index contributed by atoms with van der Waals surface area (Å²) in [5, 5.41) is 9.61. The largest absolute Gasteiger partial charge is 0.493 e. The predicted octanol–water partition coefficient (Wildman–Crippen LogP) is 4.69. The summed E-state index contributed by atoms with van der Waals surface area (Å²) < 4.78 is 11.7. The molecule has 2 N–H and O–H groups in total. The van der Waals surface area contributed by atoms with E-state index in [0.717, 1.165) is 11.3 Å². The summed E-state index contributed by atoms with van der Waals surface area (Å²) in [7, 11) is 1.54. The van der Waals surface area contributed by atoms with E-state index in [4.69, 9.17) is 9.47 Å². The first-order valence-corrected chi connectivity index (χ1v) is 10.3. The van der Waals surface area contributed by atoms with E-state index in [9.17, 15) is 4.79 Å². The molecule has 0 saturated heterocycles. The number of hydrogen-bond donors (Lipinski definition) is 2. The zero-order valence-corrected chi connectivity index (χ0v) is 18.2. The first-order chi connectivity index (χ1) is 14.0. The van der Waals surface area contributed by atoms with Crippen LogP contribution in [-0.4, -0.2) is 30.8 Å². The van der Waals surface area contributed by atoms with Gasteiger partial charge in [0.2, 0.25) is 5.13 Å². The summed E-state index contributed by atoms with van der Waals surface area (Å²) >= 11 is 4.95. The average Bonchev–Trinajstić information content (AvgIpc) is 3.12. The molecule has 1 heterocycles. The minimum Gasteiger partial charge on any atom is -0.493 e. The molecule has 0 spiro atoms. The van der Waals surface area contributed by atoms with Gasteiger partial charge in [-0.05, 0) is 52.7 Å². The normalized spacial score (nSPS) is 10.7. The molecule has 150 valence electrons. The van der Waals surface area contributed by atoms with Crippen LogP contribution in [0.3, 0.4) is 0 Å². The number of hydrazone groups is 1. The van der Waals surface area contributed by atoms with E-state index in [0.29, 0.717) is 26.8 Å². The molecule has 2 aromatic carbocycles. The highest BCUT2D eigenvalue weighted by atomic mass is 79.9. The van der Waals surface area contributed by atoms with Gasteiger partial charge in [-0.3, -0.25) is 10.2 Å². The number of rotatable bonds is 8. The van der Waals surface area contributed by atoms with Gasteiger partial charge in [-0.1, -0.05) is 18.2 Å². The number of halogens is 1. The number of aromatic nitrogens is 1. The number of carbonyl (C=O) groups is 1. The fourth-order valence-corrected chi connectivity index (χ4v) is 3.59. The van der Waals surface area contributed by atoms with Crippen LogP contribution in [-0.2, 0) is 4.79 Å². The van der Waals surface area contributed by atoms with Crippen LogP contribution in [0.1, 0.15) is 11.3 Å². The van der Waals surface area contributed by atoms with Crippen LogP contribution in [0, 0.1) is 6.92 Å². The second-order valence-electron chi connectivity index (χ2n) is 5.90. The highest BCUT2D eigenvalue weighted by Crippen LogP contribution is 2.36. The lowest BCUT2D eigenvalue weighted by Crippen LogP contribution is -2.20. The Morgan fingerprint density at radius 2 is 2.10 bits per heavy atom. The second-order valence-corrected chi connectivity index (χ2v) is 7.61. The van der Waals surface area contributed by atoms with Crippen LogP contribution >= 0.6 is 27.3 Å². The number of carbonyl (C=O) groups excluding carboxylic acids is 1. The Bertz CT molecular complexity index is 1010. The summed E-state index contributed by atoms with van der Waals surface area (Å²) in [5.74, 6) is 0.661. The van der Waals surface area contributed by atoms with Crippen molar-refractivity contribution >= 4 is 50.2 Å². The topological polar surface area (TPSA) is 84.8 Å². The van der Waals surface area contributed by atoms with Crippen molar-refractivity contribution < 1.29 is 14.3 Å². The predicted molar refractivity (Wildman–Crippen MR) is 119 cm³/mol. The van der Waals surface area contributed by atoms with Gasteiger partial charge in [0, 0.05) is 11.1 Å². The Morgan fingerprint density at radius 1 is 1.31 bits per heavy atom. The van der Waals surface area contributed by atoms with E-state index < -0.39 is 0 Å². The number of hydrogen-bond acceptors (Lipinski definition) is 7. The van der Waals surface area contributed by atoms with Crippen LogP contribution in [0.15, 0.2) is 57.4 Å². The summed E-state index contributed by atoms with van der Waals surface area (Å²) in [6.07, 6.45) is 1.65. The van der Waals surface area contributed by atoms with Gasteiger partial charge < -0.3 is 14.8 Å². The van der Waals surface area contributed by atoms with Crippen molar-refractivity contribution in [1.82, 2.24) is 4.98 Å². The first kappa shape index (κ1) is 20.8. The van der Waals surface area contributed by atoms with E-state index in [1.54, 1.807) is 12.3 Å². The molecule has 3 rings (SSSR count). The molecule has 0 atom stereocenters. The molecule has 0 radical (unpaired) electrons. The number of thiazole rings is 1. The van der Waals surface area contributed by atoms with Gasteiger partial charge >= 0.3 is 0 Å². The molecule has 0 bridgehead atoms. The van der Waals surface area contributed by atoms with Crippen LogP contribution in [0.25, 0.3) is 0 Å². The molecule has 0 saturated carbocycles. The smallest absolute Gasteiger partial charge is 0.262 e. The number of benzene rings is 2. The van der Waals surface area contributed by atoms with Gasteiger partial charge in [0.1, 0.15) is 0 Å². The lowest BCUT2D eigenvalue weighted by molar-refractivity contribution is -0.118. The van der Waals surface area contributed by atoms with Crippen LogP contribution in [0.4, 0.5) is 10.8 Å². The summed E-state index contributed by atoms with van der Waals surface area (Å²) in [6.45, 7) is 1.77. The molecule has 9 heteroatoms. The zero-order valence-electron chi connectivity index (χ0n) is 15.8. The zero-order chi connectivity index (χ0) is 20.6. The molecule has 7 nitrogen and oxygen atoms in total. The average molecular weight is 475 g/mol. The number of para-hydroxylation sites is 1. The van der Waals surface area contributed by atoms with E-state index in [1.807, 2.05) is 48.7 Å². The van der Waals surface area contributed by atoms with Crippen molar-refractivity contribution in [3.63, 3.8) is 0 Å². The summed E-state index contributed by atoms with van der Waals surface area (Å²) in [6, 6.07) is 12.8. The standard InChI is InChI=1S/C20H19BrN4O3S/c1-13-12-29-20(23-13)25-22-10-14-8-16(21)19(17(9-14)27-2)28-11-18(26)24-15-6-4-3-5-7-15/h3-10,12H,11H2,1-2H3,(H,23,25)(H,24,26). The van der Waals surface area contributed by atoms with Crippen molar-refractivity contribution in [2.24, 2.45) is 5.10 Å². The number of nitrogens with zero attached hydrogens (tertiary/aromatic N) is 2. The van der Waals surface area contributed by atoms with Gasteiger partial charge in [-0.2, -0.15) is 5.10 Å². The van der Waals surface area contributed by atoms with Gasteiger partial charge in [-0.15, -0.1) is 11.3 Å². The van der Waals surface area contributed by atoms with Crippen molar-refractivity contribution in [2.75, 3.05) is 24.5 Å². The van der Waals surface area contributed by atoms with Crippen LogP contribution < -0.4 is 20.2 Å². The number of ether oxygens (including phenoxy) is 2. The Kier molecular flexibility index (Phi) is 7.20. The van der Waals surface area contributed by atoms with Crippen molar-refractivity contribution in [3.8, 4) is 11.5 Å². The summed E-state index contributed by atoms with van der Waals surface area (Å²) in [4.78, 5) is 16.4. The quantitative estimate of drug-likeness (QED) is 0.365. The number of methoxy groups -OCH3 is 1. The number of amides is 1. The van der Waals surface area contributed by atoms with Gasteiger partial charge in [0.25, 0.3) is 5.91 Å². The van der Waals surface area contributed by atoms with Crippen molar-refractivity contribution in [3.05, 3.63) is 63.6 Å². The maximum atomic E-state index is 12.1. The number of anilines is 2. The molecule has 0 aliphatic carbocycles. The fraction of sp³-hybridized carbons (Fsp3) is 0.150. The fourth-order valence-electron chi connectivity index (χ4n) is 2.38. The molecule has 1 aromatic heterocycles. The van der Waals surface area contributed by atoms with Crippen molar-refractivity contribution in [2.45, 2.75) is 6.92 Å². The molecule has 29 heavy (non-hydrogen) atoms. The van der Waals surface area contributed by atoms with Crippen LogP contribution in [0.5, 0.6) is 11.5 Å². The SMILES string of the molecule is COc1cc(C=NNc2nc(C)cs2)cc(Br)c1OCC(=O)Nc1ccccc1. The van der Waals surface area contributed by atoms with Crippen molar-refractivity contribution in [1.29, 1.82) is 0 Å². The van der Waals surface area contributed by atoms with Gasteiger partial charge in [-0.25, -0.2) is 4.98 Å². The molecular formula is C20H19BrN4O3S. The summed E-state index contributed by atoms with van der Waals surface area (Å²) in [5.41, 5.74) is 5.32. The lowest BCUT2D eigenvalue weighted by atomic mass is 10.2. The van der Waals surface area contributed by atoms with Gasteiger partial charge in [0.05, 0.1) is 23.5 Å². The Morgan fingerprint density at radius 3 is 2.79 bits per heavy atom. The molecule has 3 aromatic rings. The number of nitrogens with one attached hydrogen (secondary N) is 2. The third-order valence-electron chi connectivity index (χ3n) is 3.65. The van der Waals surface area contributed by atoms with E-state index >= 15 is 0 Å². The molecule has 0 aliphatic rings. The molecule has 0 unspecified atom stereocenters. The molecule has 0 fully saturated rings. The molecule has 0 aliphatic heterocycles. The monoisotopic (exact) mass is 474 g/mol. The van der Waals surface area contributed by atoms with Crippen LogP contribution in [0.2, 0.25) is 0 Å². The Balaban J connectivity index is 1.64. The third-order valence-corrected chi connectivity index (χ3v) is 5.10. The minimum atomic E-state index is -0.265. The van der Waals surface area contributed by atoms with E-state index in [-0.39, 0.29) is 12.5 Å². The number of aryl methyl sites for hydroxylation is 1. The van der Waals surface area contributed by atoms with E-state index in [1.165, 1.54) is 18.4 Å². The maximum Gasteiger partial charge on any atom is 0.262 e. The van der Waals surface area contributed by atoms with E-state index in [2.05, 4.69) is 36.8 Å². The minimum absolute atomic E-state index is 0.151. The Hall–Kier alpha value is -2.91. The lowest BCUT2D eigenvalue weighted by Gasteiger charge is -2.13. The second kappa shape index (κ2) is 10.0. The highest BCUT2D eigenvalue weighted by Gasteiger charge is 2.13. The third kappa shape index (κ3) is 6.03. The molecule has 1 amide bonds. The first-order valence-electron chi connectivity index (χ1n) is 8.61.